The summed E-state index contributed by atoms with van der Waals surface area (Å²) in [7, 11) is 0. The predicted molar refractivity (Wildman–Crippen MR) is 72.5 cm³/mol. The van der Waals surface area contributed by atoms with Crippen LogP contribution >= 0.6 is 0 Å². The van der Waals surface area contributed by atoms with Crippen molar-refractivity contribution in [2.45, 2.75) is 40.0 Å². The van der Waals surface area contributed by atoms with E-state index in [0.29, 0.717) is 0 Å². The lowest BCUT2D eigenvalue weighted by Gasteiger charge is -2.09. The fourth-order valence-electron chi connectivity index (χ4n) is 1.57. The number of nitrogens with one attached hydrogen (secondary N) is 2. The van der Waals surface area contributed by atoms with Crippen molar-refractivity contribution >= 4 is 11.7 Å². The van der Waals surface area contributed by atoms with Gasteiger partial charge in [0.25, 0.3) is 0 Å². The van der Waals surface area contributed by atoms with Crippen molar-refractivity contribution < 1.29 is 4.79 Å². The zero-order valence-corrected chi connectivity index (χ0v) is 11.0. The molecule has 0 aromatic heterocycles. The molecule has 0 saturated carbocycles. The molecule has 17 heavy (non-hydrogen) atoms. The van der Waals surface area contributed by atoms with Crippen molar-refractivity contribution in [2.75, 3.05) is 11.9 Å². The average Bonchev–Trinajstić information content (AvgIpc) is 2.30. The van der Waals surface area contributed by atoms with E-state index in [2.05, 4.69) is 24.5 Å². The summed E-state index contributed by atoms with van der Waals surface area (Å²) in [5.41, 5.74) is 3.27. The van der Waals surface area contributed by atoms with Crippen LogP contribution in [0.5, 0.6) is 0 Å². The molecule has 1 aromatic rings. The number of hydrogen-bond donors (Lipinski definition) is 2. The third-order valence-corrected chi connectivity index (χ3v) is 2.83. The van der Waals surface area contributed by atoms with Crippen LogP contribution in [0.3, 0.4) is 0 Å². The fourth-order valence-corrected chi connectivity index (χ4v) is 1.57. The highest BCUT2D eigenvalue weighted by atomic mass is 16.2. The number of benzene rings is 1. The molecule has 0 bridgehead atoms. The Kier molecular flexibility index (Phi) is 5.53. The lowest BCUT2D eigenvalue weighted by atomic mass is 10.1. The smallest absolute Gasteiger partial charge is 0.319 e. The largest absolute Gasteiger partial charge is 0.338 e. The Bertz CT molecular complexity index is 374. The second kappa shape index (κ2) is 6.94. The maximum absolute atomic E-state index is 11.5. The molecule has 1 rings (SSSR count). The van der Waals surface area contributed by atoms with Crippen molar-refractivity contribution in [3.05, 3.63) is 29.3 Å². The van der Waals surface area contributed by atoms with E-state index in [1.54, 1.807) is 0 Å². The molecule has 3 nitrogen and oxygen atoms in total. The quantitative estimate of drug-likeness (QED) is 0.751. The van der Waals surface area contributed by atoms with Gasteiger partial charge in [0, 0.05) is 12.2 Å². The lowest BCUT2D eigenvalue weighted by molar-refractivity contribution is 0.252. The first kappa shape index (κ1) is 13.6. The Morgan fingerprint density at radius 2 is 1.94 bits per heavy atom. The lowest BCUT2D eigenvalue weighted by Crippen LogP contribution is -2.29. The van der Waals surface area contributed by atoms with Gasteiger partial charge in [-0.15, -0.1) is 0 Å². The molecular formula is C14H22N2O. The van der Waals surface area contributed by atoms with Gasteiger partial charge in [-0.2, -0.15) is 0 Å². The van der Waals surface area contributed by atoms with Gasteiger partial charge >= 0.3 is 6.03 Å². The molecule has 0 aliphatic carbocycles. The second-order valence-electron chi connectivity index (χ2n) is 4.39. The minimum atomic E-state index is -0.121. The van der Waals surface area contributed by atoms with Gasteiger partial charge in [0.2, 0.25) is 0 Å². The second-order valence-corrected chi connectivity index (χ2v) is 4.39. The van der Waals surface area contributed by atoms with Crippen LogP contribution in [-0.2, 0) is 0 Å². The van der Waals surface area contributed by atoms with Gasteiger partial charge in [-0.1, -0.05) is 25.8 Å². The summed E-state index contributed by atoms with van der Waals surface area (Å²) in [6, 6.07) is 5.81. The van der Waals surface area contributed by atoms with E-state index in [-0.39, 0.29) is 6.03 Å². The summed E-state index contributed by atoms with van der Waals surface area (Å²) in [5.74, 6) is 0. The number of aryl methyl sites for hydroxylation is 2. The Morgan fingerprint density at radius 1 is 1.18 bits per heavy atom. The van der Waals surface area contributed by atoms with Crippen LogP contribution in [0.25, 0.3) is 0 Å². The topological polar surface area (TPSA) is 41.1 Å². The zero-order chi connectivity index (χ0) is 12.7. The summed E-state index contributed by atoms with van der Waals surface area (Å²) in [6.07, 6.45) is 3.36. The number of carbonyl (C=O) groups excluding carboxylic acids is 1. The van der Waals surface area contributed by atoms with Gasteiger partial charge in [-0.05, 0) is 43.5 Å². The van der Waals surface area contributed by atoms with Crippen molar-refractivity contribution in [3.63, 3.8) is 0 Å². The van der Waals surface area contributed by atoms with E-state index in [1.165, 1.54) is 17.5 Å². The summed E-state index contributed by atoms with van der Waals surface area (Å²) < 4.78 is 0. The minimum Gasteiger partial charge on any atom is -0.338 e. The highest BCUT2D eigenvalue weighted by Crippen LogP contribution is 2.13. The van der Waals surface area contributed by atoms with Crippen molar-refractivity contribution in [1.29, 1.82) is 0 Å². The first-order chi connectivity index (χ1) is 8.13. The number of carbonyl (C=O) groups is 1. The van der Waals surface area contributed by atoms with E-state index in [1.807, 2.05) is 25.1 Å². The van der Waals surface area contributed by atoms with Gasteiger partial charge in [0.05, 0.1) is 0 Å². The van der Waals surface area contributed by atoms with Crippen LogP contribution in [0.2, 0.25) is 0 Å². The van der Waals surface area contributed by atoms with Crippen molar-refractivity contribution in [1.82, 2.24) is 5.32 Å². The molecule has 94 valence electrons. The minimum absolute atomic E-state index is 0.121. The normalized spacial score (nSPS) is 10.1. The van der Waals surface area contributed by atoms with E-state index in [9.17, 15) is 4.79 Å². The maximum Gasteiger partial charge on any atom is 0.319 e. The van der Waals surface area contributed by atoms with Gasteiger partial charge in [-0.3, -0.25) is 0 Å². The molecule has 1 aromatic carbocycles. The number of rotatable bonds is 5. The van der Waals surface area contributed by atoms with Gasteiger partial charge < -0.3 is 10.6 Å². The molecule has 0 unspecified atom stereocenters. The molecule has 0 saturated heterocycles. The number of unbranched alkanes of at least 4 members (excludes halogenated alkanes) is 2. The first-order valence-corrected chi connectivity index (χ1v) is 6.25. The Balaban J connectivity index is 2.37. The number of amides is 2. The SMILES string of the molecule is CCCCCNC(=O)Nc1ccc(C)c(C)c1. The standard InChI is InChI=1S/C14H22N2O/c1-4-5-6-9-15-14(17)16-13-8-7-11(2)12(3)10-13/h7-8,10H,4-6,9H2,1-3H3,(H2,15,16,17). The Morgan fingerprint density at radius 3 is 2.59 bits per heavy atom. The van der Waals surface area contributed by atoms with E-state index in [4.69, 9.17) is 0 Å². The highest BCUT2D eigenvalue weighted by Gasteiger charge is 2.01. The van der Waals surface area contributed by atoms with Gasteiger partial charge in [-0.25, -0.2) is 4.79 Å². The van der Waals surface area contributed by atoms with E-state index in [0.717, 1.165) is 25.1 Å². The molecule has 0 aliphatic rings. The van der Waals surface area contributed by atoms with Crippen LogP contribution in [0.15, 0.2) is 18.2 Å². The molecule has 3 heteroatoms. The summed E-state index contributed by atoms with van der Waals surface area (Å²) in [4.78, 5) is 11.5. The number of anilines is 1. The third kappa shape index (κ3) is 4.89. The summed E-state index contributed by atoms with van der Waals surface area (Å²) in [5, 5.41) is 5.69. The van der Waals surface area contributed by atoms with Crippen molar-refractivity contribution in [2.24, 2.45) is 0 Å². The molecule has 2 N–H and O–H groups in total. The fraction of sp³-hybridized carbons (Fsp3) is 0.500. The van der Waals surface area contributed by atoms with Gasteiger partial charge in [0.1, 0.15) is 0 Å². The number of hydrogen-bond acceptors (Lipinski definition) is 1. The molecule has 0 fully saturated rings. The molecule has 0 aliphatic heterocycles. The molecule has 0 atom stereocenters. The first-order valence-electron chi connectivity index (χ1n) is 6.25. The van der Waals surface area contributed by atoms with Crippen molar-refractivity contribution in [3.8, 4) is 0 Å². The van der Waals surface area contributed by atoms with Crippen LogP contribution < -0.4 is 10.6 Å². The summed E-state index contributed by atoms with van der Waals surface area (Å²) >= 11 is 0. The molecule has 0 heterocycles. The zero-order valence-electron chi connectivity index (χ0n) is 11.0. The number of urea groups is 1. The van der Waals surface area contributed by atoms with Crippen LogP contribution in [0, 0.1) is 13.8 Å². The molecule has 0 spiro atoms. The van der Waals surface area contributed by atoms with E-state index >= 15 is 0 Å². The third-order valence-electron chi connectivity index (χ3n) is 2.83. The molecule has 0 radical (unpaired) electrons. The van der Waals surface area contributed by atoms with E-state index < -0.39 is 0 Å². The Hall–Kier alpha value is -1.51. The van der Waals surface area contributed by atoms with Crippen LogP contribution in [0.1, 0.15) is 37.3 Å². The maximum atomic E-state index is 11.5. The molecule has 2 amide bonds. The van der Waals surface area contributed by atoms with Gasteiger partial charge in [0.15, 0.2) is 0 Å². The highest BCUT2D eigenvalue weighted by molar-refractivity contribution is 5.89. The predicted octanol–water partition coefficient (Wildman–Crippen LogP) is 3.62. The average molecular weight is 234 g/mol. The van der Waals surface area contributed by atoms with Crippen LogP contribution in [0.4, 0.5) is 10.5 Å². The van der Waals surface area contributed by atoms with Crippen LogP contribution in [-0.4, -0.2) is 12.6 Å². The Labute approximate surface area is 104 Å². The monoisotopic (exact) mass is 234 g/mol. The molecular weight excluding hydrogens is 212 g/mol. The summed E-state index contributed by atoms with van der Waals surface area (Å²) in [6.45, 7) is 6.99.